The van der Waals surface area contributed by atoms with E-state index in [0.29, 0.717) is 5.02 Å². The first-order valence-electron chi connectivity index (χ1n) is 6.33. The number of oxime groups is 1. The number of halogens is 1. The Kier molecular flexibility index (Phi) is 4.50. The Morgan fingerprint density at radius 2 is 2.11 bits per heavy atom. The average molecular weight is 283 g/mol. The van der Waals surface area contributed by atoms with Gasteiger partial charge in [-0.3, -0.25) is 0 Å². The van der Waals surface area contributed by atoms with Gasteiger partial charge in [-0.05, 0) is 38.2 Å². The van der Waals surface area contributed by atoms with Crippen LogP contribution in [0.4, 0.5) is 5.69 Å². The molecule has 6 heteroatoms. The second kappa shape index (κ2) is 6.12. The molecule has 0 saturated carbocycles. The fourth-order valence-electron chi connectivity index (χ4n) is 2.32. The highest BCUT2D eigenvalue weighted by molar-refractivity contribution is 6.31. The highest BCUT2D eigenvalue weighted by atomic mass is 35.5. The van der Waals surface area contributed by atoms with E-state index in [2.05, 4.69) is 22.0 Å². The van der Waals surface area contributed by atoms with E-state index < -0.39 is 0 Å². The van der Waals surface area contributed by atoms with Crippen LogP contribution in [0.15, 0.2) is 23.4 Å². The van der Waals surface area contributed by atoms with Crippen molar-refractivity contribution in [2.24, 2.45) is 10.9 Å². The molecule has 0 bridgehead atoms. The van der Waals surface area contributed by atoms with Crippen LogP contribution in [0, 0.1) is 0 Å². The van der Waals surface area contributed by atoms with E-state index in [-0.39, 0.29) is 5.84 Å². The van der Waals surface area contributed by atoms with Crippen molar-refractivity contribution in [2.45, 2.75) is 6.42 Å². The van der Waals surface area contributed by atoms with E-state index in [0.717, 1.165) is 43.9 Å². The van der Waals surface area contributed by atoms with Gasteiger partial charge in [-0.25, -0.2) is 0 Å². The molecule has 3 N–H and O–H groups in total. The van der Waals surface area contributed by atoms with Crippen molar-refractivity contribution < 1.29 is 5.21 Å². The molecule has 1 aromatic rings. The zero-order valence-electron chi connectivity index (χ0n) is 11.0. The normalized spacial score (nSPS) is 18.4. The lowest BCUT2D eigenvalue weighted by Crippen LogP contribution is -2.30. The molecule has 5 nitrogen and oxygen atoms in total. The van der Waals surface area contributed by atoms with E-state index >= 15 is 0 Å². The van der Waals surface area contributed by atoms with Crippen LogP contribution in [0.5, 0.6) is 0 Å². The van der Waals surface area contributed by atoms with Crippen molar-refractivity contribution in [2.75, 3.05) is 38.1 Å². The minimum Gasteiger partial charge on any atom is -0.409 e. The summed E-state index contributed by atoms with van der Waals surface area (Å²) in [4.78, 5) is 4.54. The zero-order chi connectivity index (χ0) is 13.8. The molecule has 0 aliphatic carbocycles. The maximum absolute atomic E-state index is 8.88. The molecule has 1 fully saturated rings. The smallest absolute Gasteiger partial charge is 0.172 e. The predicted molar refractivity (Wildman–Crippen MR) is 78.3 cm³/mol. The lowest BCUT2D eigenvalue weighted by molar-refractivity contribution is 0.318. The molecule has 19 heavy (non-hydrogen) atoms. The van der Waals surface area contributed by atoms with Crippen LogP contribution in [0.3, 0.4) is 0 Å². The van der Waals surface area contributed by atoms with Gasteiger partial charge >= 0.3 is 0 Å². The Bertz CT molecular complexity index is 478. The molecule has 1 aliphatic rings. The molecule has 0 unspecified atom stereocenters. The first-order valence-corrected chi connectivity index (χ1v) is 6.70. The van der Waals surface area contributed by atoms with Gasteiger partial charge in [-0.15, -0.1) is 0 Å². The summed E-state index contributed by atoms with van der Waals surface area (Å²) in [5, 5.41) is 12.6. The minimum atomic E-state index is 0.115. The first kappa shape index (κ1) is 14.0. The Hall–Kier alpha value is -1.46. The molecular formula is C13H19ClN4O. The third-order valence-corrected chi connectivity index (χ3v) is 3.64. The van der Waals surface area contributed by atoms with E-state index in [1.807, 2.05) is 6.07 Å². The number of likely N-dealkylation sites (N-methyl/N-ethyl adjacent to an activating group) is 1. The number of amidine groups is 1. The molecule has 1 aliphatic heterocycles. The van der Waals surface area contributed by atoms with Crippen molar-refractivity contribution >= 4 is 23.1 Å². The van der Waals surface area contributed by atoms with E-state index in [1.54, 1.807) is 12.1 Å². The van der Waals surface area contributed by atoms with Crippen molar-refractivity contribution in [1.29, 1.82) is 0 Å². The largest absolute Gasteiger partial charge is 0.409 e. The van der Waals surface area contributed by atoms with Crippen LogP contribution < -0.4 is 10.6 Å². The molecular weight excluding hydrogens is 264 g/mol. The average Bonchev–Trinajstić information content (AvgIpc) is 2.62. The lowest BCUT2D eigenvalue weighted by Gasteiger charge is -2.25. The molecule has 0 radical (unpaired) electrons. The molecule has 1 aromatic carbocycles. The lowest BCUT2D eigenvalue weighted by atomic mass is 10.1. The van der Waals surface area contributed by atoms with E-state index in [1.165, 1.54) is 0 Å². The Morgan fingerprint density at radius 1 is 1.32 bits per heavy atom. The molecule has 0 spiro atoms. The van der Waals surface area contributed by atoms with Gasteiger partial charge in [0.1, 0.15) is 0 Å². The van der Waals surface area contributed by atoms with Gasteiger partial charge in [0.15, 0.2) is 5.84 Å². The summed E-state index contributed by atoms with van der Waals surface area (Å²) in [5.41, 5.74) is 7.39. The van der Waals surface area contributed by atoms with Gasteiger partial charge in [-0.1, -0.05) is 16.8 Å². The van der Waals surface area contributed by atoms with Crippen molar-refractivity contribution in [3.05, 3.63) is 28.8 Å². The summed E-state index contributed by atoms with van der Waals surface area (Å²) in [7, 11) is 2.12. The van der Waals surface area contributed by atoms with Gasteiger partial charge in [0, 0.05) is 35.9 Å². The van der Waals surface area contributed by atoms with Crippen LogP contribution >= 0.6 is 11.6 Å². The van der Waals surface area contributed by atoms with Crippen LogP contribution in [0.1, 0.15) is 12.0 Å². The molecule has 0 amide bonds. The van der Waals surface area contributed by atoms with Crippen LogP contribution in [-0.4, -0.2) is 49.2 Å². The van der Waals surface area contributed by atoms with Gasteiger partial charge in [0.05, 0.1) is 0 Å². The number of nitrogens with zero attached hydrogens (tertiary/aromatic N) is 3. The van der Waals surface area contributed by atoms with Gasteiger partial charge in [0.2, 0.25) is 0 Å². The number of nitrogens with two attached hydrogens (primary N) is 1. The van der Waals surface area contributed by atoms with Gasteiger partial charge in [0.25, 0.3) is 0 Å². The first-order chi connectivity index (χ1) is 9.11. The Balaban J connectivity index is 2.34. The van der Waals surface area contributed by atoms with Gasteiger partial charge in [-0.2, -0.15) is 0 Å². The fourth-order valence-corrected chi connectivity index (χ4v) is 2.49. The molecule has 1 saturated heterocycles. The second-order valence-electron chi connectivity index (χ2n) is 4.79. The standard InChI is InChI=1S/C13H19ClN4O/c1-17-5-2-6-18(8-7-17)12-9-10(14)3-4-11(12)13(15)16-19/h3-4,9,19H,2,5-8H2,1H3,(H2,15,16). The minimum absolute atomic E-state index is 0.115. The number of anilines is 1. The van der Waals surface area contributed by atoms with Crippen molar-refractivity contribution in [1.82, 2.24) is 4.90 Å². The highest BCUT2D eigenvalue weighted by Gasteiger charge is 2.17. The van der Waals surface area contributed by atoms with Crippen LogP contribution in [0.25, 0.3) is 0 Å². The number of hydrogen-bond acceptors (Lipinski definition) is 4. The fraction of sp³-hybridized carbons (Fsp3) is 0.462. The number of benzene rings is 1. The monoisotopic (exact) mass is 282 g/mol. The third kappa shape index (κ3) is 3.30. The quantitative estimate of drug-likeness (QED) is 0.374. The summed E-state index contributed by atoms with van der Waals surface area (Å²) in [6.45, 7) is 3.91. The zero-order valence-corrected chi connectivity index (χ0v) is 11.8. The second-order valence-corrected chi connectivity index (χ2v) is 5.23. The maximum Gasteiger partial charge on any atom is 0.172 e. The summed E-state index contributed by atoms with van der Waals surface area (Å²) in [6.07, 6.45) is 1.08. The van der Waals surface area contributed by atoms with Crippen LogP contribution in [0.2, 0.25) is 5.02 Å². The third-order valence-electron chi connectivity index (χ3n) is 3.40. The summed E-state index contributed by atoms with van der Waals surface area (Å²) < 4.78 is 0. The number of hydrogen-bond donors (Lipinski definition) is 2. The SMILES string of the molecule is CN1CCCN(c2cc(Cl)ccc2C(N)=NO)CC1. The van der Waals surface area contributed by atoms with Crippen molar-refractivity contribution in [3.63, 3.8) is 0 Å². The maximum atomic E-state index is 8.88. The van der Waals surface area contributed by atoms with Crippen LogP contribution in [-0.2, 0) is 0 Å². The molecule has 104 valence electrons. The number of rotatable bonds is 2. The van der Waals surface area contributed by atoms with E-state index in [9.17, 15) is 0 Å². The molecule has 0 atom stereocenters. The molecule has 2 rings (SSSR count). The molecule has 0 aromatic heterocycles. The topological polar surface area (TPSA) is 65.1 Å². The summed E-state index contributed by atoms with van der Waals surface area (Å²) in [5.74, 6) is 0.115. The summed E-state index contributed by atoms with van der Waals surface area (Å²) in [6, 6.07) is 5.42. The highest BCUT2D eigenvalue weighted by Crippen LogP contribution is 2.26. The Morgan fingerprint density at radius 3 is 2.84 bits per heavy atom. The predicted octanol–water partition coefficient (Wildman–Crippen LogP) is 1.58. The van der Waals surface area contributed by atoms with E-state index in [4.69, 9.17) is 22.5 Å². The van der Waals surface area contributed by atoms with Crippen molar-refractivity contribution in [3.8, 4) is 0 Å². The molecule has 1 heterocycles. The Labute approximate surface area is 118 Å². The summed E-state index contributed by atoms with van der Waals surface area (Å²) >= 11 is 6.07. The van der Waals surface area contributed by atoms with Gasteiger partial charge < -0.3 is 20.7 Å².